The first-order valence-electron chi connectivity index (χ1n) is 4.19. The quantitative estimate of drug-likeness (QED) is 0.845. The van der Waals surface area contributed by atoms with Crippen LogP contribution in [0.5, 0.6) is 0 Å². The summed E-state index contributed by atoms with van der Waals surface area (Å²) in [5.74, 6) is 0. The molecule has 0 saturated carbocycles. The third-order valence-corrected chi connectivity index (χ3v) is 3.16. The lowest BCUT2D eigenvalue weighted by Gasteiger charge is -1.95. The summed E-state index contributed by atoms with van der Waals surface area (Å²) in [5, 5.41) is 4.69. The number of thiazole rings is 1. The van der Waals surface area contributed by atoms with Gasteiger partial charge in [0.2, 0.25) is 0 Å². The van der Waals surface area contributed by atoms with Crippen LogP contribution in [-0.2, 0) is 0 Å². The molecule has 0 aliphatic heterocycles. The second-order valence-electron chi connectivity index (χ2n) is 2.79. The highest BCUT2D eigenvalue weighted by atomic mass is 35.5. The van der Waals surface area contributed by atoms with Crippen molar-refractivity contribution in [1.29, 1.82) is 0 Å². The number of hydrogen-bond acceptors (Lipinski definition) is 3. The Balaban J connectivity index is 2.34. The van der Waals surface area contributed by atoms with Crippen LogP contribution in [0, 0.1) is 0 Å². The van der Waals surface area contributed by atoms with Crippen molar-refractivity contribution in [1.82, 2.24) is 4.98 Å². The zero-order chi connectivity index (χ0) is 9.97. The Morgan fingerprint density at radius 3 is 2.57 bits per heavy atom. The predicted octanol–water partition coefficient (Wildman–Crippen LogP) is 3.51. The Labute approximate surface area is 91.6 Å². The van der Waals surface area contributed by atoms with E-state index < -0.39 is 0 Å². The molecule has 0 amide bonds. The summed E-state index contributed by atoms with van der Waals surface area (Å²) in [6.45, 7) is 0. The zero-order valence-electron chi connectivity index (χ0n) is 7.62. The minimum atomic E-state index is 0.757. The summed E-state index contributed by atoms with van der Waals surface area (Å²) in [7, 11) is 1.87. The highest BCUT2D eigenvalue weighted by Gasteiger charge is 2.02. The van der Waals surface area contributed by atoms with E-state index in [1.165, 1.54) is 0 Å². The second-order valence-corrected chi connectivity index (χ2v) is 4.25. The molecule has 14 heavy (non-hydrogen) atoms. The molecule has 2 nitrogen and oxygen atoms in total. The molecule has 1 N–H and O–H groups in total. The number of nitrogens with zero attached hydrogens (tertiary/aromatic N) is 1. The number of benzene rings is 1. The van der Waals surface area contributed by atoms with Crippen molar-refractivity contribution in [3.8, 4) is 10.4 Å². The molecular weight excluding hydrogens is 216 g/mol. The molecule has 1 aromatic heterocycles. The van der Waals surface area contributed by atoms with E-state index in [0.717, 1.165) is 20.6 Å². The first kappa shape index (κ1) is 9.49. The molecule has 0 bridgehead atoms. The van der Waals surface area contributed by atoms with Crippen LogP contribution in [0.1, 0.15) is 0 Å². The number of aromatic nitrogens is 1. The monoisotopic (exact) mass is 224 g/mol. The number of halogens is 1. The summed E-state index contributed by atoms with van der Waals surface area (Å²) in [4.78, 5) is 5.35. The van der Waals surface area contributed by atoms with Crippen LogP contribution >= 0.6 is 22.9 Å². The smallest absolute Gasteiger partial charge is 0.182 e. The average Bonchev–Trinajstić information content (AvgIpc) is 2.67. The molecule has 0 aliphatic rings. The molecule has 0 fully saturated rings. The summed E-state index contributed by atoms with van der Waals surface area (Å²) in [5.41, 5.74) is 1.15. The van der Waals surface area contributed by atoms with Crippen LogP contribution in [0.2, 0.25) is 5.02 Å². The third-order valence-electron chi connectivity index (χ3n) is 1.85. The van der Waals surface area contributed by atoms with Gasteiger partial charge in [0.25, 0.3) is 0 Å². The fraction of sp³-hybridized carbons (Fsp3) is 0.100. The number of anilines is 1. The van der Waals surface area contributed by atoms with Crippen molar-refractivity contribution in [2.24, 2.45) is 0 Å². The van der Waals surface area contributed by atoms with Gasteiger partial charge in [0.1, 0.15) is 0 Å². The van der Waals surface area contributed by atoms with Gasteiger partial charge in [0.05, 0.1) is 4.88 Å². The minimum Gasteiger partial charge on any atom is -0.365 e. The van der Waals surface area contributed by atoms with E-state index >= 15 is 0 Å². The van der Waals surface area contributed by atoms with E-state index in [0.29, 0.717) is 0 Å². The van der Waals surface area contributed by atoms with E-state index in [1.807, 2.05) is 37.5 Å². The summed E-state index contributed by atoms with van der Waals surface area (Å²) in [6, 6.07) is 7.76. The second kappa shape index (κ2) is 3.98. The molecular formula is C10H9ClN2S. The largest absolute Gasteiger partial charge is 0.365 e. The number of rotatable bonds is 2. The summed E-state index contributed by atoms with van der Waals surface area (Å²) in [6.07, 6.45) is 1.86. The van der Waals surface area contributed by atoms with Crippen molar-refractivity contribution in [2.75, 3.05) is 12.4 Å². The Kier molecular flexibility index (Phi) is 2.70. The molecule has 2 rings (SSSR count). The molecule has 0 atom stereocenters. The molecule has 4 heteroatoms. The lowest BCUT2D eigenvalue weighted by Crippen LogP contribution is -1.83. The minimum absolute atomic E-state index is 0.757. The molecule has 0 unspecified atom stereocenters. The topological polar surface area (TPSA) is 24.9 Å². The maximum Gasteiger partial charge on any atom is 0.182 e. The fourth-order valence-electron chi connectivity index (χ4n) is 1.14. The van der Waals surface area contributed by atoms with Crippen LogP contribution in [-0.4, -0.2) is 12.0 Å². The van der Waals surface area contributed by atoms with Gasteiger partial charge in [-0.2, -0.15) is 0 Å². The molecule has 1 aromatic carbocycles. The zero-order valence-corrected chi connectivity index (χ0v) is 9.19. The lowest BCUT2D eigenvalue weighted by molar-refractivity contribution is 1.37. The Morgan fingerprint density at radius 1 is 1.29 bits per heavy atom. The van der Waals surface area contributed by atoms with Gasteiger partial charge in [0.15, 0.2) is 5.13 Å². The van der Waals surface area contributed by atoms with Crippen molar-refractivity contribution < 1.29 is 0 Å². The van der Waals surface area contributed by atoms with Gasteiger partial charge in [-0.1, -0.05) is 35.1 Å². The normalized spacial score (nSPS) is 10.1. The molecule has 0 saturated heterocycles. The average molecular weight is 225 g/mol. The van der Waals surface area contributed by atoms with Gasteiger partial charge in [0, 0.05) is 18.3 Å². The number of hydrogen-bond donors (Lipinski definition) is 1. The van der Waals surface area contributed by atoms with E-state index in [1.54, 1.807) is 11.3 Å². The molecule has 0 radical (unpaired) electrons. The molecule has 0 spiro atoms. The fourth-order valence-corrected chi connectivity index (χ4v) is 2.04. The maximum absolute atomic E-state index is 5.81. The van der Waals surface area contributed by atoms with Crippen LogP contribution in [0.3, 0.4) is 0 Å². The Morgan fingerprint density at radius 2 is 2.00 bits per heavy atom. The van der Waals surface area contributed by atoms with Crippen LogP contribution in [0.15, 0.2) is 30.5 Å². The van der Waals surface area contributed by atoms with Crippen LogP contribution < -0.4 is 5.32 Å². The van der Waals surface area contributed by atoms with E-state index in [2.05, 4.69) is 10.3 Å². The first-order chi connectivity index (χ1) is 6.79. The van der Waals surface area contributed by atoms with Crippen molar-refractivity contribution >= 4 is 28.1 Å². The van der Waals surface area contributed by atoms with Gasteiger partial charge < -0.3 is 5.32 Å². The Bertz CT molecular complexity index is 422. The number of nitrogens with one attached hydrogen (secondary N) is 1. The molecule has 72 valence electrons. The SMILES string of the molecule is CNc1ncc(-c2ccc(Cl)cc2)s1. The first-order valence-corrected chi connectivity index (χ1v) is 5.38. The van der Waals surface area contributed by atoms with Crippen LogP contribution in [0.25, 0.3) is 10.4 Å². The van der Waals surface area contributed by atoms with Crippen LogP contribution in [0.4, 0.5) is 5.13 Å². The predicted molar refractivity (Wildman–Crippen MR) is 62.1 cm³/mol. The van der Waals surface area contributed by atoms with E-state index in [4.69, 9.17) is 11.6 Å². The molecule has 0 aliphatic carbocycles. The highest BCUT2D eigenvalue weighted by Crippen LogP contribution is 2.29. The maximum atomic E-state index is 5.81. The van der Waals surface area contributed by atoms with E-state index in [-0.39, 0.29) is 0 Å². The van der Waals surface area contributed by atoms with Gasteiger partial charge in [-0.25, -0.2) is 4.98 Å². The van der Waals surface area contributed by atoms with Gasteiger partial charge in [-0.15, -0.1) is 0 Å². The molecule has 2 aromatic rings. The third kappa shape index (κ3) is 1.89. The lowest BCUT2D eigenvalue weighted by atomic mass is 10.2. The van der Waals surface area contributed by atoms with Crippen molar-refractivity contribution in [3.63, 3.8) is 0 Å². The van der Waals surface area contributed by atoms with Gasteiger partial charge in [-0.05, 0) is 17.7 Å². The van der Waals surface area contributed by atoms with Crippen molar-refractivity contribution in [2.45, 2.75) is 0 Å². The summed E-state index contributed by atoms with van der Waals surface area (Å²) < 4.78 is 0. The standard InChI is InChI=1S/C10H9ClN2S/c1-12-10-13-6-9(14-10)7-2-4-8(11)5-3-7/h2-6H,1H3,(H,12,13). The van der Waals surface area contributed by atoms with E-state index in [9.17, 15) is 0 Å². The Hall–Kier alpha value is -1.06. The highest BCUT2D eigenvalue weighted by molar-refractivity contribution is 7.18. The summed E-state index contributed by atoms with van der Waals surface area (Å²) >= 11 is 7.43. The van der Waals surface area contributed by atoms with Gasteiger partial charge >= 0.3 is 0 Å². The molecule has 1 heterocycles. The van der Waals surface area contributed by atoms with Crippen molar-refractivity contribution in [3.05, 3.63) is 35.5 Å². The van der Waals surface area contributed by atoms with Gasteiger partial charge in [-0.3, -0.25) is 0 Å².